The number of ether oxygens (including phenoxy) is 1. The zero-order valence-corrected chi connectivity index (χ0v) is 12.3. The largest absolute Gasteiger partial charge is 0.493 e. The number of benzene rings is 1. The molecule has 1 amide bonds. The third-order valence-corrected chi connectivity index (χ3v) is 4.38. The van der Waals surface area contributed by atoms with Gasteiger partial charge in [0.25, 0.3) is 0 Å². The molecule has 0 unspecified atom stereocenters. The summed E-state index contributed by atoms with van der Waals surface area (Å²) in [4.78, 5) is 14.1. The van der Waals surface area contributed by atoms with Gasteiger partial charge < -0.3 is 15.4 Å². The molecule has 20 heavy (non-hydrogen) atoms. The fraction of sp³-hybridized carbons (Fsp3) is 0.562. The summed E-state index contributed by atoms with van der Waals surface area (Å²) in [5.74, 6) is 1.42. The molecule has 1 aliphatic rings. The van der Waals surface area contributed by atoms with Crippen LogP contribution in [0.15, 0.2) is 30.3 Å². The number of hydrogen-bond acceptors (Lipinski definition) is 3. The van der Waals surface area contributed by atoms with Crippen molar-refractivity contribution in [1.29, 1.82) is 0 Å². The van der Waals surface area contributed by atoms with Crippen LogP contribution in [0.1, 0.15) is 20.3 Å². The quantitative estimate of drug-likeness (QED) is 0.893. The van der Waals surface area contributed by atoms with Crippen molar-refractivity contribution >= 4 is 5.91 Å². The van der Waals surface area contributed by atoms with E-state index in [0.29, 0.717) is 25.5 Å². The average Bonchev–Trinajstić information content (AvgIpc) is 2.77. The van der Waals surface area contributed by atoms with Crippen molar-refractivity contribution in [2.24, 2.45) is 17.1 Å². The fourth-order valence-corrected chi connectivity index (χ4v) is 2.59. The first-order chi connectivity index (χ1) is 9.55. The van der Waals surface area contributed by atoms with E-state index in [-0.39, 0.29) is 11.3 Å². The summed E-state index contributed by atoms with van der Waals surface area (Å²) in [5, 5.41) is 0. The van der Waals surface area contributed by atoms with E-state index in [0.717, 1.165) is 18.8 Å². The molecule has 2 atom stereocenters. The van der Waals surface area contributed by atoms with Gasteiger partial charge in [-0.25, -0.2) is 0 Å². The van der Waals surface area contributed by atoms with Crippen LogP contribution in [0, 0.1) is 11.3 Å². The van der Waals surface area contributed by atoms with E-state index < -0.39 is 0 Å². The lowest BCUT2D eigenvalue weighted by Crippen LogP contribution is -2.36. The van der Waals surface area contributed by atoms with Crippen LogP contribution in [0.3, 0.4) is 0 Å². The summed E-state index contributed by atoms with van der Waals surface area (Å²) in [6.07, 6.45) is 0.419. The summed E-state index contributed by atoms with van der Waals surface area (Å²) in [5.41, 5.74) is 5.89. The molecule has 1 aliphatic heterocycles. The van der Waals surface area contributed by atoms with Crippen LogP contribution >= 0.6 is 0 Å². The van der Waals surface area contributed by atoms with Gasteiger partial charge >= 0.3 is 0 Å². The Kier molecular flexibility index (Phi) is 4.65. The van der Waals surface area contributed by atoms with Crippen molar-refractivity contribution in [2.45, 2.75) is 20.3 Å². The lowest BCUT2D eigenvalue weighted by molar-refractivity contribution is -0.131. The molecule has 0 aromatic heterocycles. The Morgan fingerprint density at radius 2 is 2.15 bits per heavy atom. The Morgan fingerprint density at radius 1 is 1.45 bits per heavy atom. The number of carbonyl (C=O) groups is 1. The maximum absolute atomic E-state index is 12.2. The van der Waals surface area contributed by atoms with E-state index in [1.54, 1.807) is 0 Å². The molecule has 1 fully saturated rings. The molecule has 4 nitrogen and oxygen atoms in total. The monoisotopic (exact) mass is 276 g/mol. The Balaban J connectivity index is 1.79. The van der Waals surface area contributed by atoms with Gasteiger partial charge in [-0.15, -0.1) is 0 Å². The number of amides is 1. The Bertz CT molecular complexity index is 449. The highest BCUT2D eigenvalue weighted by Crippen LogP contribution is 2.34. The molecule has 0 spiro atoms. The van der Waals surface area contributed by atoms with E-state index in [4.69, 9.17) is 10.5 Å². The molecule has 0 aliphatic carbocycles. The standard InChI is InChI=1S/C16H24N2O2/c1-13-10-18(12-16(13,2)11-17)15(19)8-9-20-14-6-4-3-5-7-14/h3-7,13H,8-12,17H2,1-2H3/t13-,16-/m1/s1. The summed E-state index contributed by atoms with van der Waals surface area (Å²) in [6, 6.07) is 9.58. The molecule has 1 aromatic carbocycles. The highest BCUT2D eigenvalue weighted by molar-refractivity contribution is 5.76. The molecular weight excluding hydrogens is 252 g/mol. The lowest BCUT2D eigenvalue weighted by Gasteiger charge is -2.25. The summed E-state index contributed by atoms with van der Waals surface area (Å²) >= 11 is 0. The van der Waals surface area contributed by atoms with Crippen molar-refractivity contribution in [1.82, 2.24) is 4.90 Å². The second kappa shape index (κ2) is 6.27. The van der Waals surface area contributed by atoms with Crippen LogP contribution in [-0.4, -0.2) is 37.0 Å². The van der Waals surface area contributed by atoms with Gasteiger partial charge in [-0.3, -0.25) is 4.79 Å². The topological polar surface area (TPSA) is 55.6 Å². The Hall–Kier alpha value is -1.55. The number of para-hydroxylation sites is 1. The SMILES string of the molecule is C[C@@H]1CN(C(=O)CCOc2ccccc2)C[C@@]1(C)CN. The Morgan fingerprint density at radius 3 is 2.75 bits per heavy atom. The molecule has 0 radical (unpaired) electrons. The number of nitrogens with zero attached hydrogens (tertiary/aromatic N) is 1. The molecule has 1 aromatic rings. The summed E-state index contributed by atoms with van der Waals surface area (Å²) in [7, 11) is 0. The van der Waals surface area contributed by atoms with E-state index in [9.17, 15) is 4.79 Å². The zero-order chi connectivity index (χ0) is 14.6. The second-order valence-electron chi connectivity index (χ2n) is 5.94. The molecule has 0 bridgehead atoms. The van der Waals surface area contributed by atoms with Crippen LogP contribution in [-0.2, 0) is 4.79 Å². The molecule has 4 heteroatoms. The fourth-order valence-electron chi connectivity index (χ4n) is 2.59. The molecular formula is C16H24N2O2. The maximum atomic E-state index is 12.2. The molecule has 1 heterocycles. The minimum Gasteiger partial charge on any atom is -0.493 e. The minimum absolute atomic E-state index is 0.0515. The van der Waals surface area contributed by atoms with Crippen molar-refractivity contribution in [3.8, 4) is 5.75 Å². The number of likely N-dealkylation sites (tertiary alicyclic amines) is 1. The van der Waals surface area contributed by atoms with Crippen molar-refractivity contribution < 1.29 is 9.53 Å². The normalized spacial score (nSPS) is 25.8. The second-order valence-corrected chi connectivity index (χ2v) is 5.94. The van der Waals surface area contributed by atoms with E-state index in [1.165, 1.54) is 0 Å². The molecule has 1 saturated heterocycles. The van der Waals surface area contributed by atoms with Gasteiger partial charge in [0.15, 0.2) is 0 Å². The van der Waals surface area contributed by atoms with Gasteiger partial charge in [-0.2, -0.15) is 0 Å². The predicted molar refractivity (Wildman–Crippen MR) is 79.5 cm³/mol. The molecule has 2 rings (SSSR count). The Labute approximate surface area is 120 Å². The first-order valence-corrected chi connectivity index (χ1v) is 7.21. The van der Waals surface area contributed by atoms with Gasteiger partial charge in [-0.1, -0.05) is 32.0 Å². The zero-order valence-electron chi connectivity index (χ0n) is 12.3. The van der Waals surface area contributed by atoms with Crippen LogP contribution in [0.25, 0.3) is 0 Å². The van der Waals surface area contributed by atoms with E-state index in [2.05, 4.69) is 13.8 Å². The predicted octanol–water partition coefficient (Wildman–Crippen LogP) is 1.90. The van der Waals surface area contributed by atoms with Gasteiger partial charge in [0.05, 0.1) is 13.0 Å². The number of hydrogen-bond donors (Lipinski definition) is 1. The van der Waals surface area contributed by atoms with Crippen molar-refractivity contribution in [2.75, 3.05) is 26.2 Å². The van der Waals surface area contributed by atoms with Crippen LogP contribution in [0.5, 0.6) is 5.75 Å². The highest BCUT2D eigenvalue weighted by Gasteiger charge is 2.40. The van der Waals surface area contributed by atoms with Gasteiger partial charge in [0.2, 0.25) is 5.91 Å². The van der Waals surface area contributed by atoms with Gasteiger partial charge in [0, 0.05) is 18.5 Å². The summed E-state index contributed by atoms with van der Waals surface area (Å²) < 4.78 is 5.57. The smallest absolute Gasteiger partial charge is 0.226 e. The highest BCUT2D eigenvalue weighted by atomic mass is 16.5. The van der Waals surface area contributed by atoms with Crippen molar-refractivity contribution in [3.63, 3.8) is 0 Å². The van der Waals surface area contributed by atoms with Crippen LogP contribution in [0.4, 0.5) is 0 Å². The molecule has 2 N–H and O–H groups in total. The number of rotatable bonds is 5. The molecule has 0 saturated carbocycles. The third kappa shape index (κ3) is 3.31. The lowest BCUT2D eigenvalue weighted by atomic mass is 9.81. The van der Waals surface area contributed by atoms with E-state index in [1.807, 2.05) is 35.2 Å². The van der Waals surface area contributed by atoms with Crippen LogP contribution < -0.4 is 10.5 Å². The number of carbonyl (C=O) groups excluding carboxylic acids is 1. The van der Waals surface area contributed by atoms with Crippen molar-refractivity contribution in [3.05, 3.63) is 30.3 Å². The first kappa shape index (κ1) is 14.9. The summed E-state index contributed by atoms with van der Waals surface area (Å²) in [6.45, 7) is 6.93. The van der Waals surface area contributed by atoms with Gasteiger partial charge in [-0.05, 0) is 24.6 Å². The first-order valence-electron chi connectivity index (χ1n) is 7.21. The third-order valence-electron chi connectivity index (χ3n) is 4.38. The van der Waals surface area contributed by atoms with Crippen LogP contribution in [0.2, 0.25) is 0 Å². The minimum atomic E-state index is 0.0515. The average molecular weight is 276 g/mol. The van der Waals surface area contributed by atoms with E-state index >= 15 is 0 Å². The molecule has 110 valence electrons. The number of nitrogens with two attached hydrogens (primary N) is 1. The maximum Gasteiger partial charge on any atom is 0.226 e. The van der Waals surface area contributed by atoms with Gasteiger partial charge in [0.1, 0.15) is 5.75 Å².